The van der Waals surface area contributed by atoms with Crippen molar-refractivity contribution in [3.63, 3.8) is 0 Å². The lowest BCUT2D eigenvalue weighted by Crippen LogP contribution is -2.06. The molecule has 2 rings (SSSR count). The van der Waals surface area contributed by atoms with E-state index >= 15 is 0 Å². The number of anilines is 3. The van der Waals surface area contributed by atoms with Crippen LogP contribution in [-0.2, 0) is 6.42 Å². The number of nitrogens with one attached hydrogen (secondary N) is 2. The first kappa shape index (κ1) is 15.0. The summed E-state index contributed by atoms with van der Waals surface area (Å²) in [5.74, 6) is 2.58. The molecule has 0 amide bonds. The van der Waals surface area contributed by atoms with Gasteiger partial charge in [-0.25, -0.2) is 9.97 Å². The summed E-state index contributed by atoms with van der Waals surface area (Å²) in [4.78, 5) is 9.07. The van der Waals surface area contributed by atoms with Gasteiger partial charge >= 0.3 is 0 Å². The van der Waals surface area contributed by atoms with Crippen LogP contribution in [0.1, 0.15) is 26.1 Å². The van der Waals surface area contributed by atoms with Crippen LogP contribution in [0.4, 0.5) is 17.3 Å². The summed E-state index contributed by atoms with van der Waals surface area (Å²) in [7, 11) is 0. The fourth-order valence-electron chi connectivity index (χ4n) is 1.88. The second kappa shape index (κ2) is 7.42. The summed E-state index contributed by atoms with van der Waals surface area (Å²) < 4.78 is 1.20. The second-order valence-corrected chi connectivity index (χ2v) is 5.72. The Morgan fingerprint density at radius 3 is 2.60 bits per heavy atom. The molecular formula is C15H19IN4. The number of hydrogen-bond acceptors (Lipinski definition) is 4. The van der Waals surface area contributed by atoms with Crippen LogP contribution in [0.5, 0.6) is 0 Å². The Labute approximate surface area is 133 Å². The van der Waals surface area contributed by atoms with E-state index in [0.717, 1.165) is 42.5 Å². The van der Waals surface area contributed by atoms with Crippen LogP contribution >= 0.6 is 22.6 Å². The predicted molar refractivity (Wildman–Crippen MR) is 92.6 cm³/mol. The summed E-state index contributed by atoms with van der Waals surface area (Å²) in [5, 5.41) is 6.60. The first-order valence-corrected chi connectivity index (χ1v) is 7.93. The third kappa shape index (κ3) is 4.33. The maximum atomic E-state index is 4.57. The first-order chi connectivity index (χ1) is 9.71. The normalized spacial score (nSPS) is 10.3. The molecule has 106 valence electrons. The third-order valence-corrected chi connectivity index (χ3v) is 3.37. The van der Waals surface area contributed by atoms with Crippen LogP contribution in [0.3, 0.4) is 0 Å². The van der Waals surface area contributed by atoms with Crippen molar-refractivity contribution in [2.45, 2.75) is 26.7 Å². The lowest BCUT2D eigenvalue weighted by Gasteiger charge is -2.10. The highest BCUT2D eigenvalue weighted by molar-refractivity contribution is 14.1. The van der Waals surface area contributed by atoms with Crippen molar-refractivity contribution >= 4 is 39.9 Å². The van der Waals surface area contributed by atoms with E-state index in [2.05, 4.69) is 69.2 Å². The average molecular weight is 382 g/mol. The van der Waals surface area contributed by atoms with Gasteiger partial charge in [0.15, 0.2) is 0 Å². The van der Waals surface area contributed by atoms with Gasteiger partial charge in [-0.05, 0) is 54.1 Å². The Morgan fingerprint density at radius 1 is 1.10 bits per heavy atom. The fraction of sp³-hybridized carbons (Fsp3) is 0.333. The highest BCUT2D eigenvalue weighted by Crippen LogP contribution is 2.19. The van der Waals surface area contributed by atoms with E-state index in [-0.39, 0.29) is 0 Å². The summed E-state index contributed by atoms with van der Waals surface area (Å²) in [6.07, 6.45) is 1.93. The van der Waals surface area contributed by atoms with Gasteiger partial charge in [0.1, 0.15) is 17.5 Å². The molecule has 5 heteroatoms. The molecule has 0 unspecified atom stereocenters. The predicted octanol–water partition coefficient (Wildman–Crippen LogP) is 4.21. The Bertz CT molecular complexity index is 547. The van der Waals surface area contributed by atoms with Gasteiger partial charge in [-0.3, -0.25) is 0 Å². The number of aromatic nitrogens is 2. The number of rotatable bonds is 6. The minimum absolute atomic E-state index is 0.835. The first-order valence-electron chi connectivity index (χ1n) is 6.85. The molecule has 0 radical (unpaired) electrons. The van der Waals surface area contributed by atoms with Crippen molar-refractivity contribution in [1.82, 2.24) is 9.97 Å². The summed E-state index contributed by atoms with van der Waals surface area (Å²) >= 11 is 2.30. The molecule has 1 aromatic carbocycles. The summed E-state index contributed by atoms with van der Waals surface area (Å²) in [5.41, 5.74) is 1.04. The average Bonchev–Trinajstić information content (AvgIpc) is 2.39. The molecule has 2 aromatic rings. The van der Waals surface area contributed by atoms with Gasteiger partial charge in [-0.1, -0.05) is 13.0 Å². The molecule has 0 bridgehead atoms. The number of aryl methyl sites for hydroxylation is 1. The molecule has 0 aliphatic rings. The van der Waals surface area contributed by atoms with Gasteiger partial charge in [0.05, 0.1) is 0 Å². The van der Waals surface area contributed by atoms with Crippen molar-refractivity contribution in [1.29, 1.82) is 0 Å². The van der Waals surface area contributed by atoms with Crippen LogP contribution < -0.4 is 10.6 Å². The van der Waals surface area contributed by atoms with Crippen LogP contribution in [0, 0.1) is 3.57 Å². The Kier molecular flexibility index (Phi) is 5.58. The zero-order chi connectivity index (χ0) is 14.4. The Hall–Kier alpha value is -1.37. The summed E-state index contributed by atoms with van der Waals surface area (Å²) in [6, 6.07) is 10.2. The number of hydrogen-bond donors (Lipinski definition) is 2. The highest BCUT2D eigenvalue weighted by atomic mass is 127. The largest absolute Gasteiger partial charge is 0.370 e. The zero-order valence-corrected chi connectivity index (χ0v) is 13.9. The smallest absolute Gasteiger partial charge is 0.136 e. The van der Waals surface area contributed by atoms with E-state index in [1.165, 1.54) is 3.57 Å². The SMILES string of the molecule is CCCc1nc(NCC)cc(Nc2cccc(I)c2)n1. The molecule has 0 spiro atoms. The molecule has 0 fully saturated rings. The van der Waals surface area contributed by atoms with Gasteiger partial charge in [0, 0.05) is 28.3 Å². The van der Waals surface area contributed by atoms with Crippen molar-refractivity contribution in [3.05, 3.63) is 39.7 Å². The topological polar surface area (TPSA) is 49.8 Å². The maximum absolute atomic E-state index is 4.57. The molecular weight excluding hydrogens is 363 g/mol. The number of benzene rings is 1. The summed E-state index contributed by atoms with van der Waals surface area (Å²) in [6.45, 7) is 5.05. The van der Waals surface area contributed by atoms with Gasteiger partial charge in [0.2, 0.25) is 0 Å². The van der Waals surface area contributed by atoms with Crippen molar-refractivity contribution < 1.29 is 0 Å². The van der Waals surface area contributed by atoms with Gasteiger partial charge < -0.3 is 10.6 Å². The molecule has 1 aromatic heterocycles. The standard InChI is InChI=1S/C15H19IN4/c1-3-6-13-19-14(17-4-2)10-15(20-13)18-12-8-5-7-11(16)9-12/h5,7-10H,3-4,6H2,1-2H3,(H2,17,18,19,20). The zero-order valence-electron chi connectivity index (χ0n) is 11.8. The third-order valence-electron chi connectivity index (χ3n) is 2.70. The van der Waals surface area contributed by atoms with Crippen molar-refractivity contribution in [2.24, 2.45) is 0 Å². The lowest BCUT2D eigenvalue weighted by molar-refractivity contribution is 0.836. The second-order valence-electron chi connectivity index (χ2n) is 4.47. The van der Waals surface area contributed by atoms with Crippen LogP contribution in [0.25, 0.3) is 0 Å². The fourth-order valence-corrected chi connectivity index (χ4v) is 2.43. The van der Waals surface area contributed by atoms with Crippen molar-refractivity contribution in [2.75, 3.05) is 17.2 Å². The van der Waals surface area contributed by atoms with E-state index < -0.39 is 0 Å². The molecule has 4 nitrogen and oxygen atoms in total. The molecule has 0 saturated heterocycles. The van der Waals surface area contributed by atoms with Crippen LogP contribution in [0.15, 0.2) is 30.3 Å². The van der Waals surface area contributed by atoms with E-state index in [4.69, 9.17) is 0 Å². The van der Waals surface area contributed by atoms with E-state index in [1.54, 1.807) is 0 Å². The number of nitrogens with zero attached hydrogens (tertiary/aromatic N) is 2. The Balaban J connectivity index is 2.25. The quantitative estimate of drug-likeness (QED) is 0.735. The molecule has 0 aliphatic heterocycles. The van der Waals surface area contributed by atoms with Gasteiger partial charge in [-0.15, -0.1) is 0 Å². The number of halogens is 1. The monoisotopic (exact) mass is 382 g/mol. The van der Waals surface area contributed by atoms with E-state index in [0.29, 0.717) is 0 Å². The molecule has 0 atom stereocenters. The molecule has 0 aliphatic carbocycles. The van der Waals surface area contributed by atoms with Crippen molar-refractivity contribution in [3.8, 4) is 0 Å². The minimum atomic E-state index is 0.835. The van der Waals surface area contributed by atoms with Gasteiger partial charge in [-0.2, -0.15) is 0 Å². The Morgan fingerprint density at radius 2 is 1.90 bits per heavy atom. The van der Waals surface area contributed by atoms with E-state index in [9.17, 15) is 0 Å². The molecule has 1 heterocycles. The molecule has 0 saturated carbocycles. The van der Waals surface area contributed by atoms with Gasteiger partial charge in [0.25, 0.3) is 0 Å². The maximum Gasteiger partial charge on any atom is 0.136 e. The highest BCUT2D eigenvalue weighted by Gasteiger charge is 2.04. The van der Waals surface area contributed by atoms with Crippen LogP contribution in [-0.4, -0.2) is 16.5 Å². The molecule has 2 N–H and O–H groups in total. The molecule has 20 heavy (non-hydrogen) atoms. The minimum Gasteiger partial charge on any atom is -0.370 e. The van der Waals surface area contributed by atoms with Crippen LogP contribution in [0.2, 0.25) is 0 Å². The lowest BCUT2D eigenvalue weighted by atomic mass is 10.3. The van der Waals surface area contributed by atoms with E-state index in [1.807, 2.05) is 18.2 Å².